The summed E-state index contributed by atoms with van der Waals surface area (Å²) < 4.78 is 63.3. The summed E-state index contributed by atoms with van der Waals surface area (Å²) in [6.07, 6.45) is 1.89. The Morgan fingerprint density at radius 2 is 1.15 bits per heavy atom. The maximum absolute atomic E-state index is 13.9. The molecule has 4 aromatic rings. The number of halogens is 3. The second-order valence-corrected chi connectivity index (χ2v) is 11.3. The number of esters is 3. The van der Waals surface area contributed by atoms with E-state index in [1.807, 2.05) is 0 Å². The van der Waals surface area contributed by atoms with Crippen molar-refractivity contribution in [2.45, 2.75) is 33.9 Å². The van der Waals surface area contributed by atoms with Crippen LogP contribution in [0.2, 0.25) is 0 Å². The van der Waals surface area contributed by atoms with Gasteiger partial charge in [-0.1, -0.05) is 67.8 Å². The van der Waals surface area contributed by atoms with Gasteiger partial charge < -0.3 is 18.9 Å². The topological polar surface area (TPSA) is 105 Å². The van der Waals surface area contributed by atoms with E-state index in [1.165, 1.54) is 38.3 Å². The van der Waals surface area contributed by atoms with E-state index in [4.69, 9.17) is 18.9 Å². The molecule has 0 amide bonds. The van der Waals surface area contributed by atoms with E-state index in [9.17, 15) is 32.3 Å². The van der Waals surface area contributed by atoms with Gasteiger partial charge in [-0.15, -0.1) is 0 Å². The number of ether oxygens (including phenoxy) is 4. The van der Waals surface area contributed by atoms with Gasteiger partial charge in [0.15, 0.2) is 0 Å². The van der Waals surface area contributed by atoms with Gasteiger partial charge in [-0.05, 0) is 92.4 Å². The third-order valence-electron chi connectivity index (χ3n) is 7.18. The van der Waals surface area contributed by atoms with E-state index >= 15 is 0 Å². The maximum Gasteiger partial charge on any atom is 0.420 e. The number of carbonyl (C=O) groups excluding carboxylic acids is 4. The number of hydrogen-bond donors (Lipinski definition) is 0. The van der Waals surface area contributed by atoms with Gasteiger partial charge in [0.2, 0.25) is 0 Å². The summed E-state index contributed by atoms with van der Waals surface area (Å²) in [5.41, 5.74) is 2.09. The van der Waals surface area contributed by atoms with Crippen LogP contribution in [0.25, 0.3) is 33.4 Å². The lowest BCUT2D eigenvalue weighted by atomic mass is 9.95. The standard InChI is InChI=1S/C38H31F3O7.C4H6O/c1-7-8-35(42)47-34-21-29(26-13-16-28(17-14-26)46-36(43)22(2)3)33(45-6)20-30(34)25-11-9-24(10-12-25)27-15-18-32(48-37(44)23(4)5)31(19-27)38(39,40)41;1-2-3-4-5/h7-21H,2,4H2,1,3,5-6H3;2-4H,1H3/b8-7+;3-2+. The first kappa shape index (κ1) is 40.9. The van der Waals surface area contributed by atoms with Crippen molar-refractivity contribution < 1.29 is 51.3 Å². The molecule has 274 valence electrons. The van der Waals surface area contributed by atoms with Gasteiger partial charge in [0.05, 0.1) is 12.7 Å². The highest BCUT2D eigenvalue weighted by molar-refractivity contribution is 5.90. The largest absolute Gasteiger partial charge is 0.496 e. The van der Waals surface area contributed by atoms with E-state index in [2.05, 4.69) is 13.2 Å². The second kappa shape index (κ2) is 18.7. The van der Waals surface area contributed by atoms with E-state index in [0.29, 0.717) is 39.3 Å². The van der Waals surface area contributed by atoms with Crippen LogP contribution in [0.1, 0.15) is 33.3 Å². The van der Waals surface area contributed by atoms with Crippen LogP contribution in [0.5, 0.6) is 23.0 Å². The molecule has 0 unspecified atom stereocenters. The van der Waals surface area contributed by atoms with Crippen molar-refractivity contribution in [1.82, 2.24) is 0 Å². The minimum atomic E-state index is -4.79. The van der Waals surface area contributed by atoms with Crippen LogP contribution in [0, 0.1) is 0 Å². The van der Waals surface area contributed by atoms with Crippen molar-refractivity contribution in [3.05, 3.63) is 133 Å². The molecule has 0 aliphatic carbocycles. The Kier molecular flexibility index (Phi) is 14.4. The van der Waals surface area contributed by atoms with Crippen LogP contribution in [0.3, 0.4) is 0 Å². The number of methoxy groups -OCH3 is 1. The second-order valence-electron chi connectivity index (χ2n) is 11.3. The number of benzene rings is 4. The fraction of sp³-hybridized carbons (Fsp3) is 0.143. The predicted molar refractivity (Wildman–Crippen MR) is 197 cm³/mol. The molecular weight excluding hydrogens is 689 g/mol. The molecule has 0 N–H and O–H groups in total. The molecule has 0 aliphatic rings. The number of aldehydes is 1. The molecule has 0 saturated carbocycles. The third-order valence-corrected chi connectivity index (χ3v) is 7.18. The fourth-order valence-corrected chi connectivity index (χ4v) is 4.57. The number of allylic oxidation sites excluding steroid dienone is 3. The zero-order chi connectivity index (χ0) is 39.3. The van der Waals surface area contributed by atoms with Crippen molar-refractivity contribution in [1.29, 1.82) is 0 Å². The van der Waals surface area contributed by atoms with Crippen LogP contribution in [0.4, 0.5) is 13.2 Å². The Labute approximate surface area is 305 Å². The smallest absolute Gasteiger partial charge is 0.420 e. The molecule has 0 spiro atoms. The van der Waals surface area contributed by atoms with E-state index < -0.39 is 35.4 Å². The Morgan fingerprint density at radius 1 is 0.642 bits per heavy atom. The first-order valence-corrected chi connectivity index (χ1v) is 15.9. The van der Waals surface area contributed by atoms with Crippen molar-refractivity contribution in [3.8, 4) is 56.4 Å². The van der Waals surface area contributed by atoms with Gasteiger partial charge in [0.1, 0.15) is 29.3 Å². The van der Waals surface area contributed by atoms with Gasteiger partial charge in [-0.25, -0.2) is 14.4 Å². The normalized spacial score (nSPS) is 10.9. The van der Waals surface area contributed by atoms with E-state index in [-0.39, 0.29) is 22.5 Å². The molecule has 11 heteroatoms. The average Bonchev–Trinajstić information content (AvgIpc) is 3.12. The van der Waals surface area contributed by atoms with Gasteiger partial charge in [-0.2, -0.15) is 13.2 Å². The summed E-state index contributed by atoms with van der Waals surface area (Å²) in [4.78, 5) is 45.7. The molecule has 0 atom stereocenters. The van der Waals surface area contributed by atoms with Crippen LogP contribution in [-0.2, 0) is 25.4 Å². The van der Waals surface area contributed by atoms with Crippen LogP contribution < -0.4 is 18.9 Å². The average molecular weight is 727 g/mol. The van der Waals surface area contributed by atoms with E-state index in [0.717, 1.165) is 18.4 Å². The molecule has 8 nitrogen and oxygen atoms in total. The fourth-order valence-electron chi connectivity index (χ4n) is 4.57. The molecule has 0 heterocycles. The molecular formula is C42H37F3O8. The molecule has 4 rings (SSSR count). The minimum Gasteiger partial charge on any atom is -0.496 e. The summed E-state index contributed by atoms with van der Waals surface area (Å²) >= 11 is 0. The summed E-state index contributed by atoms with van der Waals surface area (Å²) in [5, 5.41) is 0. The molecule has 0 aliphatic heterocycles. The van der Waals surface area contributed by atoms with E-state index in [1.54, 1.807) is 87.5 Å². The SMILES string of the molecule is C/C=C/C=O.C=C(C)C(=O)Oc1ccc(-c2cc(OC(=O)/C=C/C)c(-c3ccc(-c4ccc(OC(=O)C(=C)C)c(C(F)(F)F)c4)cc3)cc2OC)cc1. The summed E-state index contributed by atoms with van der Waals surface area (Å²) in [6, 6.07) is 19.9. The summed E-state index contributed by atoms with van der Waals surface area (Å²) in [7, 11) is 1.48. The zero-order valence-corrected chi connectivity index (χ0v) is 29.7. The van der Waals surface area contributed by atoms with Gasteiger partial charge in [0, 0.05) is 28.3 Å². The lowest BCUT2D eigenvalue weighted by molar-refractivity contribution is -0.141. The first-order valence-electron chi connectivity index (χ1n) is 15.9. The predicted octanol–water partition coefficient (Wildman–Crippen LogP) is 9.92. The Morgan fingerprint density at radius 3 is 1.64 bits per heavy atom. The van der Waals surface area contributed by atoms with Gasteiger partial charge in [-0.3, -0.25) is 4.79 Å². The Hall–Kier alpha value is -6.49. The molecule has 0 saturated heterocycles. The lowest BCUT2D eigenvalue weighted by Gasteiger charge is -2.17. The highest BCUT2D eigenvalue weighted by Crippen LogP contribution is 2.43. The van der Waals surface area contributed by atoms with Crippen LogP contribution in [0.15, 0.2) is 127 Å². The Balaban J connectivity index is 0.00000141. The zero-order valence-electron chi connectivity index (χ0n) is 29.7. The van der Waals surface area contributed by atoms with Crippen molar-refractivity contribution in [3.63, 3.8) is 0 Å². The molecule has 53 heavy (non-hydrogen) atoms. The van der Waals surface area contributed by atoms with Crippen LogP contribution in [-0.4, -0.2) is 31.3 Å². The van der Waals surface area contributed by atoms with Crippen molar-refractivity contribution in [2.75, 3.05) is 7.11 Å². The van der Waals surface area contributed by atoms with Crippen molar-refractivity contribution in [2.24, 2.45) is 0 Å². The van der Waals surface area contributed by atoms with Crippen LogP contribution >= 0.6 is 0 Å². The Bertz CT molecular complexity index is 2060. The lowest BCUT2D eigenvalue weighted by Crippen LogP contribution is -2.14. The summed E-state index contributed by atoms with van der Waals surface area (Å²) in [5.74, 6) is -1.84. The highest BCUT2D eigenvalue weighted by Gasteiger charge is 2.35. The van der Waals surface area contributed by atoms with Crippen molar-refractivity contribution >= 4 is 24.2 Å². The molecule has 0 aromatic heterocycles. The molecule has 0 fully saturated rings. The molecule has 4 aromatic carbocycles. The van der Waals surface area contributed by atoms with Gasteiger partial charge >= 0.3 is 24.1 Å². The number of alkyl halides is 3. The number of rotatable bonds is 11. The monoisotopic (exact) mass is 726 g/mol. The molecule has 0 radical (unpaired) electrons. The minimum absolute atomic E-state index is 0.0391. The summed E-state index contributed by atoms with van der Waals surface area (Å²) in [6.45, 7) is 13.3. The molecule has 0 bridgehead atoms. The highest BCUT2D eigenvalue weighted by atomic mass is 19.4. The number of hydrogen-bond acceptors (Lipinski definition) is 8. The van der Waals surface area contributed by atoms with Gasteiger partial charge in [0.25, 0.3) is 0 Å². The quantitative estimate of drug-likeness (QED) is 0.0651. The third kappa shape index (κ3) is 11.3. The first-order chi connectivity index (χ1) is 25.1. The number of carbonyl (C=O) groups is 4. The maximum atomic E-state index is 13.9.